The highest BCUT2D eigenvalue weighted by molar-refractivity contribution is 5.79. The Kier molecular flexibility index (Phi) is 6.67. The number of ether oxygens (including phenoxy) is 1. The Balaban J connectivity index is 1.54. The molecule has 0 aromatic carbocycles. The van der Waals surface area contributed by atoms with Crippen molar-refractivity contribution in [3.8, 4) is 0 Å². The first-order valence-corrected chi connectivity index (χ1v) is 9.76. The lowest BCUT2D eigenvalue weighted by molar-refractivity contribution is 0.115. The van der Waals surface area contributed by atoms with Crippen LogP contribution in [0, 0.1) is 5.92 Å². The number of aryl methyl sites for hydroxylation is 1. The zero-order chi connectivity index (χ0) is 17.5. The molecule has 7 heteroatoms. The van der Waals surface area contributed by atoms with Gasteiger partial charge in [-0.2, -0.15) is 0 Å². The summed E-state index contributed by atoms with van der Waals surface area (Å²) < 4.78 is 8.01. The molecule has 0 radical (unpaired) electrons. The molecular weight excluding hydrogens is 316 g/mol. The van der Waals surface area contributed by atoms with E-state index >= 15 is 0 Å². The summed E-state index contributed by atoms with van der Waals surface area (Å²) in [4.78, 5) is 6.91. The average molecular weight is 348 g/mol. The van der Waals surface area contributed by atoms with Crippen LogP contribution in [0.3, 0.4) is 0 Å². The highest BCUT2D eigenvalue weighted by Crippen LogP contribution is 2.28. The van der Waals surface area contributed by atoms with Gasteiger partial charge in [-0.15, -0.1) is 10.2 Å². The third-order valence-corrected chi connectivity index (χ3v) is 4.87. The summed E-state index contributed by atoms with van der Waals surface area (Å²) in [6, 6.07) is 0. The van der Waals surface area contributed by atoms with Crippen LogP contribution in [0.15, 0.2) is 4.99 Å². The van der Waals surface area contributed by atoms with Gasteiger partial charge < -0.3 is 19.5 Å². The van der Waals surface area contributed by atoms with Gasteiger partial charge in [0.25, 0.3) is 0 Å². The Labute approximate surface area is 150 Å². The van der Waals surface area contributed by atoms with E-state index in [1.54, 1.807) is 0 Å². The maximum absolute atomic E-state index is 5.74. The van der Waals surface area contributed by atoms with Crippen molar-refractivity contribution in [1.29, 1.82) is 0 Å². The first-order valence-electron chi connectivity index (χ1n) is 9.76. The zero-order valence-corrected chi connectivity index (χ0v) is 15.7. The third kappa shape index (κ3) is 5.42. The van der Waals surface area contributed by atoms with Gasteiger partial charge >= 0.3 is 0 Å². The van der Waals surface area contributed by atoms with E-state index in [0.717, 1.165) is 62.8 Å². The van der Waals surface area contributed by atoms with Crippen LogP contribution >= 0.6 is 0 Å². The number of aliphatic imine (C=N–C) groups is 1. The average Bonchev–Trinajstić information content (AvgIpc) is 3.40. The SMILES string of the molecule is CCNC(=NCc1nnc2n1CCCCC2)N(C)CCOCC1CC1. The van der Waals surface area contributed by atoms with E-state index in [9.17, 15) is 0 Å². The molecular formula is C18H32N6O. The highest BCUT2D eigenvalue weighted by Gasteiger charge is 2.21. The summed E-state index contributed by atoms with van der Waals surface area (Å²) in [6.07, 6.45) is 7.41. The normalized spacial score (nSPS) is 17.9. The van der Waals surface area contributed by atoms with E-state index in [1.165, 1.54) is 32.1 Å². The van der Waals surface area contributed by atoms with Crippen molar-refractivity contribution in [2.24, 2.45) is 10.9 Å². The van der Waals surface area contributed by atoms with Crippen LogP contribution in [0.1, 0.15) is 50.7 Å². The Bertz CT molecular complexity index is 566. The number of rotatable bonds is 8. The van der Waals surface area contributed by atoms with Gasteiger partial charge in [0.15, 0.2) is 11.8 Å². The Morgan fingerprint density at radius 3 is 3.00 bits per heavy atom. The summed E-state index contributed by atoms with van der Waals surface area (Å²) in [5, 5.41) is 12.1. The quantitative estimate of drug-likeness (QED) is 0.441. The number of likely N-dealkylation sites (N-methyl/N-ethyl adjacent to an activating group) is 1. The molecule has 1 aliphatic carbocycles. The van der Waals surface area contributed by atoms with Crippen molar-refractivity contribution in [2.75, 3.05) is 33.4 Å². The molecule has 1 fully saturated rings. The topological polar surface area (TPSA) is 67.6 Å². The molecule has 0 amide bonds. The third-order valence-electron chi connectivity index (χ3n) is 4.87. The molecule has 140 valence electrons. The minimum Gasteiger partial charge on any atom is -0.379 e. The number of aromatic nitrogens is 3. The van der Waals surface area contributed by atoms with Crippen LogP contribution in [-0.4, -0.2) is 59.0 Å². The summed E-state index contributed by atoms with van der Waals surface area (Å²) in [7, 11) is 2.06. The standard InChI is InChI=1S/C18H32N6O/c1-3-19-18(23(2)11-12-25-14-15-8-9-15)20-13-17-22-21-16-7-5-4-6-10-24(16)17/h15H,3-14H2,1-2H3,(H,19,20). The van der Waals surface area contributed by atoms with Gasteiger partial charge in [0.2, 0.25) is 0 Å². The number of nitrogens with zero attached hydrogens (tertiary/aromatic N) is 5. The minimum atomic E-state index is 0.572. The number of hydrogen-bond acceptors (Lipinski definition) is 4. The first kappa shape index (κ1) is 18.2. The number of fused-ring (bicyclic) bond motifs is 1. The molecule has 3 rings (SSSR count). The lowest BCUT2D eigenvalue weighted by Crippen LogP contribution is -2.40. The fourth-order valence-electron chi connectivity index (χ4n) is 3.12. The summed E-state index contributed by atoms with van der Waals surface area (Å²) in [5.41, 5.74) is 0. The van der Waals surface area contributed by atoms with Gasteiger partial charge in [0.05, 0.1) is 6.61 Å². The fourth-order valence-corrected chi connectivity index (χ4v) is 3.12. The van der Waals surface area contributed by atoms with Gasteiger partial charge in [-0.25, -0.2) is 4.99 Å². The van der Waals surface area contributed by atoms with Crippen molar-refractivity contribution in [1.82, 2.24) is 25.0 Å². The minimum absolute atomic E-state index is 0.572. The summed E-state index contributed by atoms with van der Waals surface area (Å²) >= 11 is 0. The van der Waals surface area contributed by atoms with Gasteiger partial charge in [0, 0.05) is 39.7 Å². The maximum Gasteiger partial charge on any atom is 0.194 e. The van der Waals surface area contributed by atoms with Crippen LogP contribution < -0.4 is 5.32 Å². The molecule has 1 N–H and O–H groups in total. The van der Waals surface area contributed by atoms with Crippen molar-refractivity contribution in [3.05, 3.63) is 11.6 Å². The monoisotopic (exact) mass is 348 g/mol. The molecule has 1 aliphatic heterocycles. The van der Waals surface area contributed by atoms with Crippen LogP contribution in [-0.2, 0) is 24.2 Å². The predicted octanol–water partition coefficient (Wildman–Crippen LogP) is 1.83. The van der Waals surface area contributed by atoms with E-state index in [4.69, 9.17) is 9.73 Å². The Morgan fingerprint density at radius 2 is 2.20 bits per heavy atom. The second kappa shape index (κ2) is 9.17. The molecule has 0 spiro atoms. The predicted molar refractivity (Wildman–Crippen MR) is 98.6 cm³/mol. The molecule has 1 saturated carbocycles. The lowest BCUT2D eigenvalue weighted by Gasteiger charge is -2.22. The summed E-state index contributed by atoms with van der Waals surface area (Å²) in [6.45, 7) is 7.04. The van der Waals surface area contributed by atoms with Crippen LogP contribution in [0.5, 0.6) is 0 Å². The maximum atomic E-state index is 5.74. The second-order valence-electron chi connectivity index (χ2n) is 7.10. The van der Waals surface area contributed by atoms with Crippen LogP contribution in [0.2, 0.25) is 0 Å². The summed E-state index contributed by atoms with van der Waals surface area (Å²) in [5.74, 6) is 3.82. The van der Waals surface area contributed by atoms with Crippen molar-refractivity contribution >= 4 is 5.96 Å². The fraction of sp³-hybridized carbons (Fsp3) is 0.833. The molecule has 0 bridgehead atoms. The van der Waals surface area contributed by atoms with Crippen molar-refractivity contribution in [2.45, 2.75) is 58.5 Å². The molecule has 2 heterocycles. The lowest BCUT2D eigenvalue weighted by atomic mass is 10.2. The molecule has 0 saturated heterocycles. The number of guanidine groups is 1. The smallest absolute Gasteiger partial charge is 0.194 e. The van der Waals surface area contributed by atoms with Gasteiger partial charge in [-0.05, 0) is 38.5 Å². The van der Waals surface area contributed by atoms with Crippen molar-refractivity contribution < 1.29 is 4.74 Å². The van der Waals surface area contributed by atoms with Crippen LogP contribution in [0.4, 0.5) is 0 Å². The van der Waals surface area contributed by atoms with Crippen molar-refractivity contribution in [3.63, 3.8) is 0 Å². The van der Waals surface area contributed by atoms with Gasteiger partial charge in [-0.3, -0.25) is 0 Å². The molecule has 0 unspecified atom stereocenters. The number of nitrogens with one attached hydrogen (secondary N) is 1. The second-order valence-corrected chi connectivity index (χ2v) is 7.10. The molecule has 1 aromatic heterocycles. The zero-order valence-electron chi connectivity index (χ0n) is 15.7. The molecule has 2 aliphatic rings. The Hall–Kier alpha value is -1.63. The van der Waals surface area contributed by atoms with E-state index in [0.29, 0.717) is 6.54 Å². The van der Waals surface area contributed by atoms with E-state index in [2.05, 4.69) is 39.0 Å². The van der Waals surface area contributed by atoms with E-state index < -0.39 is 0 Å². The number of hydrogen-bond donors (Lipinski definition) is 1. The highest BCUT2D eigenvalue weighted by atomic mass is 16.5. The van der Waals surface area contributed by atoms with Gasteiger partial charge in [-0.1, -0.05) is 6.42 Å². The van der Waals surface area contributed by atoms with Crippen LogP contribution in [0.25, 0.3) is 0 Å². The Morgan fingerprint density at radius 1 is 1.32 bits per heavy atom. The van der Waals surface area contributed by atoms with E-state index in [1.807, 2.05) is 0 Å². The van der Waals surface area contributed by atoms with E-state index in [-0.39, 0.29) is 0 Å². The first-order chi connectivity index (χ1) is 12.3. The molecule has 25 heavy (non-hydrogen) atoms. The molecule has 7 nitrogen and oxygen atoms in total. The largest absolute Gasteiger partial charge is 0.379 e. The van der Waals surface area contributed by atoms with Gasteiger partial charge in [0.1, 0.15) is 12.4 Å². The molecule has 0 atom stereocenters. The molecule has 1 aromatic rings.